The largest absolute Gasteiger partial charge is 0.486 e. The van der Waals surface area contributed by atoms with Gasteiger partial charge in [0.15, 0.2) is 11.5 Å². The number of ether oxygens (including phenoxy) is 2. The molecule has 0 saturated carbocycles. The van der Waals surface area contributed by atoms with Crippen molar-refractivity contribution in [2.45, 2.75) is 6.42 Å². The number of carbonyl (C=O) groups is 1. The summed E-state index contributed by atoms with van der Waals surface area (Å²) in [5.41, 5.74) is 2.42. The number of nitrogens with one attached hydrogen (secondary N) is 1. The first-order valence-corrected chi connectivity index (χ1v) is 9.88. The zero-order chi connectivity index (χ0) is 21.9. The first kappa shape index (κ1) is 19.7. The lowest BCUT2D eigenvalue weighted by molar-refractivity contribution is -0.115. The van der Waals surface area contributed by atoms with E-state index in [4.69, 9.17) is 14.0 Å². The summed E-state index contributed by atoms with van der Waals surface area (Å²) in [6.07, 6.45) is 2.81. The van der Waals surface area contributed by atoms with Crippen LogP contribution < -0.4 is 14.8 Å². The predicted octanol–water partition coefficient (Wildman–Crippen LogP) is 3.89. The van der Waals surface area contributed by atoms with E-state index in [9.17, 15) is 9.18 Å². The lowest BCUT2D eigenvalue weighted by Crippen LogP contribution is -2.15. The van der Waals surface area contributed by atoms with Crippen LogP contribution in [0.3, 0.4) is 0 Å². The van der Waals surface area contributed by atoms with E-state index in [0.29, 0.717) is 47.2 Å². The fourth-order valence-electron chi connectivity index (χ4n) is 3.42. The number of hydrogen-bond donors (Lipinski definition) is 1. The topological polar surface area (TPSA) is 99.4 Å². The first-order chi connectivity index (χ1) is 15.7. The summed E-state index contributed by atoms with van der Waals surface area (Å²) in [4.78, 5) is 20.8. The fourth-order valence-corrected chi connectivity index (χ4v) is 3.42. The lowest BCUT2D eigenvalue weighted by atomic mass is 10.0. The van der Waals surface area contributed by atoms with Gasteiger partial charge in [0.1, 0.15) is 31.1 Å². The quantitative estimate of drug-likeness (QED) is 0.511. The Hall–Kier alpha value is -4.27. The van der Waals surface area contributed by atoms with Crippen LogP contribution in [0.1, 0.15) is 5.56 Å². The number of amides is 1. The Morgan fingerprint density at radius 3 is 2.72 bits per heavy atom. The van der Waals surface area contributed by atoms with Gasteiger partial charge in [-0.3, -0.25) is 10.1 Å². The van der Waals surface area contributed by atoms with Gasteiger partial charge in [-0.2, -0.15) is 0 Å². The van der Waals surface area contributed by atoms with Crippen molar-refractivity contribution in [1.29, 1.82) is 0 Å². The predicted molar refractivity (Wildman–Crippen MR) is 113 cm³/mol. The fraction of sp³-hybridized carbons (Fsp3) is 0.130. The van der Waals surface area contributed by atoms with E-state index in [1.165, 1.54) is 12.4 Å². The number of halogens is 1. The molecule has 32 heavy (non-hydrogen) atoms. The van der Waals surface area contributed by atoms with Crippen LogP contribution in [0.5, 0.6) is 11.5 Å². The first-order valence-electron chi connectivity index (χ1n) is 9.88. The zero-order valence-corrected chi connectivity index (χ0v) is 16.7. The monoisotopic (exact) mass is 432 g/mol. The average molecular weight is 432 g/mol. The number of anilines is 1. The van der Waals surface area contributed by atoms with Crippen LogP contribution in [0.25, 0.3) is 22.5 Å². The summed E-state index contributed by atoms with van der Waals surface area (Å²) in [5, 5.41) is 6.85. The van der Waals surface area contributed by atoms with Crippen molar-refractivity contribution in [3.63, 3.8) is 0 Å². The molecule has 2 aromatic heterocycles. The van der Waals surface area contributed by atoms with E-state index < -0.39 is 11.7 Å². The van der Waals surface area contributed by atoms with Crippen LogP contribution in [-0.2, 0) is 11.2 Å². The lowest BCUT2D eigenvalue weighted by Gasteiger charge is -2.18. The molecular weight excluding hydrogens is 415 g/mol. The Morgan fingerprint density at radius 2 is 1.91 bits per heavy atom. The third-order valence-electron chi connectivity index (χ3n) is 4.91. The number of nitrogens with zero attached hydrogens (tertiary/aromatic N) is 3. The minimum atomic E-state index is -0.451. The van der Waals surface area contributed by atoms with Crippen LogP contribution in [0, 0.1) is 5.82 Å². The number of rotatable bonds is 5. The van der Waals surface area contributed by atoms with E-state index in [1.807, 2.05) is 6.07 Å². The van der Waals surface area contributed by atoms with Gasteiger partial charge in [0.05, 0.1) is 17.7 Å². The summed E-state index contributed by atoms with van der Waals surface area (Å²) in [6.45, 7) is 0.937. The SMILES string of the molecule is O=C(Cc1ccccc1F)Nc1onc(-c2ccc3c(c2)OCCO3)c1-c1ccncn1. The molecule has 1 aliphatic heterocycles. The van der Waals surface area contributed by atoms with Crippen LogP contribution in [0.15, 0.2) is 65.6 Å². The highest BCUT2D eigenvalue weighted by Gasteiger charge is 2.24. The van der Waals surface area contributed by atoms with Gasteiger partial charge in [-0.1, -0.05) is 23.4 Å². The highest BCUT2D eigenvalue weighted by atomic mass is 19.1. The van der Waals surface area contributed by atoms with E-state index in [0.717, 1.165) is 0 Å². The normalized spacial score (nSPS) is 12.4. The van der Waals surface area contributed by atoms with Crippen LogP contribution in [-0.4, -0.2) is 34.2 Å². The van der Waals surface area contributed by atoms with Crippen molar-refractivity contribution in [3.05, 3.63) is 72.4 Å². The molecule has 1 aliphatic rings. The van der Waals surface area contributed by atoms with Crippen molar-refractivity contribution in [3.8, 4) is 34.0 Å². The molecule has 9 heteroatoms. The van der Waals surface area contributed by atoms with Gasteiger partial charge in [-0.15, -0.1) is 0 Å². The van der Waals surface area contributed by atoms with Crippen molar-refractivity contribution in [1.82, 2.24) is 15.1 Å². The van der Waals surface area contributed by atoms with Gasteiger partial charge in [-0.05, 0) is 35.9 Å². The number of aromatic nitrogens is 3. The average Bonchev–Trinajstić information content (AvgIpc) is 3.24. The number of hydrogen-bond acceptors (Lipinski definition) is 7. The summed E-state index contributed by atoms with van der Waals surface area (Å²) in [7, 11) is 0. The van der Waals surface area contributed by atoms with Crippen molar-refractivity contribution in [2.24, 2.45) is 0 Å². The molecule has 0 radical (unpaired) electrons. The van der Waals surface area contributed by atoms with Gasteiger partial charge in [-0.25, -0.2) is 14.4 Å². The number of carbonyl (C=O) groups excluding carboxylic acids is 1. The maximum absolute atomic E-state index is 13.9. The molecule has 0 atom stereocenters. The molecule has 0 unspecified atom stereocenters. The summed E-state index contributed by atoms with van der Waals surface area (Å²) in [5.74, 6) is 0.444. The molecule has 5 rings (SSSR count). The Kier molecular flexibility index (Phi) is 5.20. The molecule has 0 fully saturated rings. The molecule has 4 aromatic rings. The molecule has 2 aromatic carbocycles. The van der Waals surface area contributed by atoms with E-state index in [-0.39, 0.29) is 17.9 Å². The molecule has 1 N–H and O–H groups in total. The van der Waals surface area contributed by atoms with Gasteiger partial charge in [0, 0.05) is 11.8 Å². The summed E-state index contributed by atoms with van der Waals surface area (Å²) in [6, 6.07) is 13.2. The molecule has 0 aliphatic carbocycles. The molecule has 0 spiro atoms. The van der Waals surface area contributed by atoms with Crippen molar-refractivity contribution >= 4 is 11.8 Å². The number of benzene rings is 2. The molecule has 0 bridgehead atoms. The number of fused-ring (bicyclic) bond motifs is 1. The molecule has 160 valence electrons. The van der Waals surface area contributed by atoms with Crippen LogP contribution in [0.4, 0.5) is 10.3 Å². The van der Waals surface area contributed by atoms with E-state index in [1.54, 1.807) is 42.6 Å². The molecule has 3 heterocycles. The van der Waals surface area contributed by atoms with Gasteiger partial charge in [0.2, 0.25) is 11.8 Å². The Bertz CT molecular complexity index is 1280. The van der Waals surface area contributed by atoms with Crippen molar-refractivity contribution < 1.29 is 23.2 Å². The smallest absolute Gasteiger partial charge is 0.241 e. The second kappa shape index (κ2) is 8.46. The third kappa shape index (κ3) is 3.87. The minimum Gasteiger partial charge on any atom is -0.486 e. The van der Waals surface area contributed by atoms with Gasteiger partial charge >= 0.3 is 0 Å². The summed E-state index contributed by atoms with van der Waals surface area (Å²) < 4.78 is 30.7. The third-order valence-corrected chi connectivity index (χ3v) is 4.91. The zero-order valence-electron chi connectivity index (χ0n) is 16.7. The minimum absolute atomic E-state index is 0.106. The van der Waals surface area contributed by atoms with Crippen LogP contribution >= 0.6 is 0 Å². The summed E-state index contributed by atoms with van der Waals surface area (Å²) >= 11 is 0. The Balaban J connectivity index is 1.51. The highest BCUT2D eigenvalue weighted by molar-refractivity contribution is 5.97. The standard InChI is InChI=1S/C23H17FN4O4/c24-16-4-2-1-3-14(16)12-20(29)27-23-21(17-7-8-25-13-26-17)22(28-32-23)15-5-6-18-19(11-15)31-10-9-30-18/h1-8,11,13H,9-10,12H2,(H,27,29). The highest BCUT2D eigenvalue weighted by Crippen LogP contribution is 2.40. The van der Waals surface area contributed by atoms with Crippen molar-refractivity contribution in [2.75, 3.05) is 18.5 Å². The second-order valence-corrected chi connectivity index (χ2v) is 7.00. The molecule has 1 amide bonds. The molecule has 8 nitrogen and oxygen atoms in total. The Labute approximate surface area is 182 Å². The van der Waals surface area contributed by atoms with E-state index >= 15 is 0 Å². The van der Waals surface area contributed by atoms with Crippen LogP contribution in [0.2, 0.25) is 0 Å². The van der Waals surface area contributed by atoms with Gasteiger partial charge < -0.3 is 14.0 Å². The van der Waals surface area contributed by atoms with Gasteiger partial charge in [0.25, 0.3) is 0 Å². The maximum Gasteiger partial charge on any atom is 0.241 e. The Morgan fingerprint density at radius 1 is 1.06 bits per heavy atom. The maximum atomic E-state index is 13.9. The molecule has 0 saturated heterocycles. The second-order valence-electron chi connectivity index (χ2n) is 7.00. The van der Waals surface area contributed by atoms with E-state index in [2.05, 4.69) is 20.4 Å². The molecular formula is C23H17FN4O4.